The van der Waals surface area contributed by atoms with Crippen LogP contribution >= 0.6 is 0 Å². The van der Waals surface area contributed by atoms with Crippen LogP contribution in [0.3, 0.4) is 0 Å². The van der Waals surface area contributed by atoms with Gasteiger partial charge in [0.1, 0.15) is 0 Å². The number of rotatable bonds is 4. The molecule has 0 aromatic heterocycles. The van der Waals surface area contributed by atoms with Crippen molar-refractivity contribution in [3.05, 3.63) is 39.9 Å². The van der Waals surface area contributed by atoms with Gasteiger partial charge in [0.2, 0.25) is 0 Å². The molecule has 0 spiro atoms. The van der Waals surface area contributed by atoms with Crippen molar-refractivity contribution in [1.82, 2.24) is 10.2 Å². The molecule has 2 rings (SSSR count). The molecule has 1 aromatic rings. The second-order valence-electron chi connectivity index (χ2n) is 4.43. The summed E-state index contributed by atoms with van der Waals surface area (Å²) in [4.78, 5) is 12.5. The second kappa shape index (κ2) is 5.25. The summed E-state index contributed by atoms with van der Waals surface area (Å²) in [5.74, 6) is 0. The summed E-state index contributed by atoms with van der Waals surface area (Å²) < 4.78 is 0. The third-order valence-corrected chi connectivity index (χ3v) is 3.23. The van der Waals surface area contributed by atoms with Gasteiger partial charge in [0.15, 0.2) is 0 Å². The zero-order valence-electron chi connectivity index (χ0n) is 9.93. The standard InChI is InChI=1S/C12H17N3O2/c1-13-11-6-7-14(9-11)8-10-2-4-12(5-3-10)15(16)17/h2-5,11,13H,6-9H2,1H3. The minimum atomic E-state index is -0.364. The van der Waals surface area contributed by atoms with Gasteiger partial charge in [-0.3, -0.25) is 15.0 Å². The molecule has 1 saturated heterocycles. The van der Waals surface area contributed by atoms with Crippen LogP contribution in [0.5, 0.6) is 0 Å². The lowest BCUT2D eigenvalue weighted by molar-refractivity contribution is -0.384. The zero-order valence-corrected chi connectivity index (χ0v) is 9.93. The second-order valence-corrected chi connectivity index (χ2v) is 4.43. The zero-order chi connectivity index (χ0) is 12.3. The van der Waals surface area contributed by atoms with E-state index < -0.39 is 0 Å². The number of nitro groups is 1. The average molecular weight is 235 g/mol. The maximum absolute atomic E-state index is 10.5. The highest BCUT2D eigenvalue weighted by atomic mass is 16.6. The SMILES string of the molecule is CNC1CCN(Cc2ccc([N+](=O)[O-])cc2)C1. The van der Waals surface area contributed by atoms with E-state index >= 15 is 0 Å². The number of benzene rings is 1. The van der Waals surface area contributed by atoms with Crippen LogP contribution in [0.15, 0.2) is 24.3 Å². The van der Waals surface area contributed by atoms with E-state index in [9.17, 15) is 10.1 Å². The van der Waals surface area contributed by atoms with Crippen LogP contribution < -0.4 is 5.32 Å². The number of hydrogen-bond acceptors (Lipinski definition) is 4. The molecule has 5 nitrogen and oxygen atoms in total. The van der Waals surface area contributed by atoms with E-state index in [-0.39, 0.29) is 10.6 Å². The van der Waals surface area contributed by atoms with Gasteiger partial charge >= 0.3 is 0 Å². The van der Waals surface area contributed by atoms with Crippen molar-refractivity contribution in [1.29, 1.82) is 0 Å². The molecule has 1 aromatic carbocycles. The van der Waals surface area contributed by atoms with Crippen LogP contribution in [0.2, 0.25) is 0 Å². The van der Waals surface area contributed by atoms with Crippen LogP contribution in [-0.2, 0) is 6.54 Å². The molecule has 0 saturated carbocycles. The molecule has 1 fully saturated rings. The summed E-state index contributed by atoms with van der Waals surface area (Å²) in [6.07, 6.45) is 1.17. The molecule has 1 aliphatic heterocycles. The number of nitrogens with one attached hydrogen (secondary N) is 1. The number of nitro benzene ring substituents is 1. The highest BCUT2D eigenvalue weighted by Gasteiger charge is 2.20. The predicted molar refractivity (Wildman–Crippen MR) is 65.8 cm³/mol. The first-order valence-electron chi connectivity index (χ1n) is 5.82. The highest BCUT2D eigenvalue weighted by molar-refractivity contribution is 5.32. The minimum absolute atomic E-state index is 0.156. The van der Waals surface area contributed by atoms with Crippen molar-refractivity contribution in [2.75, 3.05) is 20.1 Å². The molecule has 0 bridgehead atoms. The molecule has 1 atom stereocenters. The van der Waals surface area contributed by atoms with Gasteiger partial charge in [-0.15, -0.1) is 0 Å². The number of likely N-dealkylation sites (tertiary alicyclic amines) is 1. The Hall–Kier alpha value is -1.46. The van der Waals surface area contributed by atoms with E-state index in [1.54, 1.807) is 12.1 Å². The summed E-state index contributed by atoms with van der Waals surface area (Å²) in [5.41, 5.74) is 1.29. The predicted octanol–water partition coefficient (Wildman–Crippen LogP) is 1.39. The van der Waals surface area contributed by atoms with Gasteiger partial charge in [-0.05, 0) is 19.0 Å². The Morgan fingerprint density at radius 3 is 2.71 bits per heavy atom. The fraction of sp³-hybridized carbons (Fsp3) is 0.500. The fourth-order valence-corrected chi connectivity index (χ4v) is 2.19. The van der Waals surface area contributed by atoms with E-state index in [1.807, 2.05) is 19.2 Å². The van der Waals surface area contributed by atoms with Crippen LogP contribution in [0, 0.1) is 10.1 Å². The molecule has 0 amide bonds. The normalized spacial score (nSPS) is 20.6. The fourth-order valence-electron chi connectivity index (χ4n) is 2.19. The lowest BCUT2D eigenvalue weighted by Gasteiger charge is -2.15. The van der Waals surface area contributed by atoms with Gasteiger partial charge in [-0.1, -0.05) is 12.1 Å². The molecule has 0 radical (unpaired) electrons. The maximum atomic E-state index is 10.5. The Morgan fingerprint density at radius 1 is 1.47 bits per heavy atom. The quantitative estimate of drug-likeness (QED) is 0.633. The number of nitrogens with zero attached hydrogens (tertiary/aromatic N) is 2. The minimum Gasteiger partial charge on any atom is -0.316 e. The largest absolute Gasteiger partial charge is 0.316 e. The smallest absolute Gasteiger partial charge is 0.269 e. The van der Waals surface area contributed by atoms with Gasteiger partial charge in [0, 0.05) is 37.8 Å². The van der Waals surface area contributed by atoms with Crippen molar-refractivity contribution in [3.8, 4) is 0 Å². The van der Waals surface area contributed by atoms with Crippen molar-refractivity contribution >= 4 is 5.69 Å². The van der Waals surface area contributed by atoms with Gasteiger partial charge in [-0.2, -0.15) is 0 Å². The Balaban J connectivity index is 1.93. The summed E-state index contributed by atoms with van der Waals surface area (Å²) in [6, 6.07) is 7.39. The number of hydrogen-bond donors (Lipinski definition) is 1. The highest BCUT2D eigenvalue weighted by Crippen LogP contribution is 2.16. The summed E-state index contributed by atoms with van der Waals surface area (Å²) >= 11 is 0. The number of likely N-dealkylation sites (N-methyl/N-ethyl adjacent to an activating group) is 1. The Kier molecular flexibility index (Phi) is 3.71. The van der Waals surface area contributed by atoms with Crippen LogP contribution in [0.1, 0.15) is 12.0 Å². The van der Waals surface area contributed by atoms with Crippen molar-refractivity contribution in [2.24, 2.45) is 0 Å². The monoisotopic (exact) mass is 235 g/mol. The lowest BCUT2D eigenvalue weighted by Crippen LogP contribution is -2.29. The van der Waals surface area contributed by atoms with E-state index in [2.05, 4.69) is 10.2 Å². The molecule has 5 heteroatoms. The van der Waals surface area contributed by atoms with Crippen molar-refractivity contribution < 1.29 is 4.92 Å². The summed E-state index contributed by atoms with van der Waals surface area (Å²) in [7, 11) is 1.99. The van der Waals surface area contributed by atoms with Crippen molar-refractivity contribution in [2.45, 2.75) is 19.0 Å². The Morgan fingerprint density at radius 2 is 2.18 bits per heavy atom. The number of non-ortho nitro benzene ring substituents is 1. The van der Waals surface area contributed by atoms with Crippen molar-refractivity contribution in [3.63, 3.8) is 0 Å². The first-order chi connectivity index (χ1) is 8.19. The summed E-state index contributed by atoms with van der Waals surface area (Å²) in [5, 5.41) is 13.8. The average Bonchev–Trinajstić information content (AvgIpc) is 2.77. The lowest BCUT2D eigenvalue weighted by atomic mass is 10.2. The molecule has 1 unspecified atom stereocenters. The molecule has 92 valence electrons. The maximum Gasteiger partial charge on any atom is 0.269 e. The van der Waals surface area contributed by atoms with Gasteiger partial charge in [0.25, 0.3) is 5.69 Å². The molecule has 1 heterocycles. The molecule has 1 N–H and O–H groups in total. The molecular formula is C12H17N3O2. The Bertz CT molecular complexity index is 391. The third kappa shape index (κ3) is 3.01. The van der Waals surface area contributed by atoms with E-state index in [1.165, 1.54) is 6.42 Å². The first-order valence-corrected chi connectivity index (χ1v) is 5.82. The van der Waals surface area contributed by atoms with Crippen LogP contribution in [0.25, 0.3) is 0 Å². The van der Waals surface area contributed by atoms with Gasteiger partial charge < -0.3 is 5.32 Å². The van der Waals surface area contributed by atoms with Crippen LogP contribution in [0.4, 0.5) is 5.69 Å². The van der Waals surface area contributed by atoms with Gasteiger partial charge in [0.05, 0.1) is 4.92 Å². The van der Waals surface area contributed by atoms with Gasteiger partial charge in [-0.25, -0.2) is 0 Å². The van der Waals surface area contributed by atoms with E-state index in [0.717, 1.165) is 25.2 Å². The van der Waals surface area contributed by atoms with E-state index in [0.29, 0.717) is 6.04 Å². The molecule has 17 heavy (non-hydrogen) atoms. The molecule has 0 aliphatic carbocycles. The first kappa shape index (κ1) is 12.0. The third-order valence-electron chi connectivity index (χ3n) is 3.23. The van der Waals surface area contributed by atoms with Crippen LogP contribution in [-0.4, -0.2) is 36.0 Å². The summed E-state index contributed by atoms with van der Waals surface area (Å²) in [6.45, 7) is 3.01. The topological polar surface area (TPSA) is 58.4 Å². The Labute approximate surface area is 101 Å². The molecular weight excluding hydrogens is 218 g/mol. The molecule has 1 aliphatic rings. The van der Waals surface area contributed by atoms with E-state index in [4.69, 9.17) is 0 Å².